The molecule has 0 bridgehead atoms. The average Bonchev–Trinajstić information content (AvgIpc) is 3.22. The third-order valence-corrected chi connectivity index (χ3v) is 5.72. The topological polar surface area (TPSA) is 124 Å². The fraction of sp³-hybridized carbons (Fsp3) is 0.435. The molecule has 2 aromatic rings. The van der Waals surface area contributed by atoms with Crippen LogP contribution in [0.15, 0.2) is 42.5 Å². The quantitative estimate of drug-likeness (QED) is 0.438. The molecule has 9 heteroatoms. The molecule has 1 aliphatic heterocycles. The van der Waals surface area contributed by atoms with Crippen molar-refractivity contribution in [2.75, 3.05) is 14.2 Å². The van der Waals surface area contributed by atoms with Gasteiger partial charge in [0.25, 0.3) is 0 Å². The maximum atomic E-state index is 11.7. The second kappa shape index (κ2) is 9.75. The van der Waals surface area contributed by atoms with Crippen LogP contribution in [0.25, 0.3) is 0 Å². The van der Waals surface area contributed by atoms with Gasteiger partial charge in [0, 0.05) is 4.92 Å². The van der Waals surface area contributed by atoms with Gasteiger partial charge in [-0.3, -0.25) is 10.1 Å². The lowest BCUT2D eigenvalue weighted by Crippen LogP contribution is -2.39. The highest BCUT2D eigenvalue weighted by Gasteiger charge is 2.39. The van der Waals surface area contributed by atoms with Gasteiger partial charge in [0.05, 0.1) is 32.1 Å². The molecule has 0 amide bonds. The Balaban J connectivity index is 1.68. The molecule has 170 valence electrons. The Hall–Kier alpha value is -3.51. The first-order chi connectivity index (χ1) is 15.3. The number of ether oxygens (including phenoxy) is 4. The normalized spacial score (nSPS) is 16.5. The molecule has 9 nitrogen and oxygen atoms in total. The first-order valence-electron chi connectivity index (χ1n) is 10.2. The molecular weight excluding hydrogens is 416 g/mol. The average molecular weight is 442 g/mol. The van der Waals surface area contributed by atoms with Crippen molar-refractivity contribution >= 4 is 0 Å². The van der Waals surface area contributed by atoms with Crippen molar-refractivity contribution in [2.24, 2.45) is 0 Å². The van der Waals surface area contributed by atoms with Gasteiger partial charge in [-0.2, -0.15) is 5.26 Å². The second-order valence-electron chi connectivity index (χ2n) is 7.82. The summed E-state index contributed by atoms with van der Waals surface area (Å²) in [7, 11) is 3.02. The molecule has 0 aliphatic carbocycles. The van der Waals surface area contributed by atoms with Crippen molar-refractivity contribution < 1.29 is 29.0 Å². The highest BCUT2D eigenvalue weighted by Crippen LogP contribution is 2.37. The molecule has 0 fully saturated rings. The van der Waals surface area contributed by atoms with Gasteiger partial charge in [0.2, 0.25) is 12.3 Å². The Morgan fingerprint density at radius 1 is 1.19 bits per heavy atom. The summed E-state index contributed by atoms with van der Waals surface area (Å²) < 4.78 is 21.8. The minimum absolute atomic E-state index is 0.0454. The maximum absolute atomic E-state index is 11.7. The summed E-state index contributed by atoms with van der Waals surface area (Å²) >= 11 is 0. The molecule has 0 saturated carbocycles. The Morgan fingerprint density at radius 2 is 1.81 bits per heavy atom. The Morgan fingerprint density at radius 3 is 2.34 bits per heavy atom. The summed E-state index contributed by atoms with van der Waals surface area (Å²) in [6.07, 6.45) is -2.01. The number of nitriles is 1. The highest BCUT2D eigenvalue weighted by atomic mass is 16.7. The van der Waals surface area contributed by atoms with E-state index >= 15 is 0 Å². The van der Waals surface area contributed by atoms with Crippen LogP contribution in [-0.2, 0) is 5.41 Å². The van der Waals surface area contributed by atoms with Gasteiger partial charge < -0.3 is 24.1 Å². The number of nitro groups is 1. The fourth-order valence-corrected chi connectivity index (χ4v) is 3.70. The first-order valence-corrected chi connectivity index (χ1v) is 10.2. The summed E-state index contributed by atoms with van der Waals surface area (Å²) in [5, 5.41) is 32.1. The zero-order valence-corrected chi connectivity index (χ0v) is 18.2. The predicted octanol–water partition coefficient (Wildman–Crippen LogP) is 3.46. The SMILES string of the molecule is COc1ccc(C(C)(C#N)CCC(O)C(CC2Oc3ccccc3O2)[N+](=O)[O-])cc1OC. The number of fused-ring (bicyclic) bond motifs is 1. The number of methoxy groups -OCH3 is 2. The van der Waals surface area contributed by atoms with Gasteiger partial charge in [0.15, 0.2) is 23.0 Å². The van der Waals surface area contributed by atoms with Crippen LogP contribution in [-0.4, -0.2) is 42.7 Å². The Bertz CT molecular complexity index is 981. The third kappa shape index (κ3) is 4.86. The van der Waals surface area contributed by atoms with Crippen molar-refractivity contribution in [2.45, 2.75) is 50.0 Å². The van der Waals surface area contributed by atoms with E-state index in [1.54, 1.807) is 49.4 Å². The van der Waals surface area contributed by atoms with Gasteiger partial charge in [-0.1, -0.05) is 18.2 Å². The number of aliphatic hydroxyl groups excluding tert-OH is 1. The minimum atomic E-state index is -1.30. The van der Waals surface area contributed by atoms with Gasteiger partial charge in [-0.05, 0) is 49.6 Å². The van der Waals surface area contributed by atoms with E-state index < -0.39 is 28.8 Å². The lowest BCUT2D eigenvalue weighted by atomic mass is 9.78. The van der Waals surface area contributed by atoms with E-state index in [0.717, 1.165) is 0 Å². The van der Waals surface area contributed by atoms with Crippen LogP contribution in [0.4, 0.5) is 0 Å². The number of benzene rings is 2. The van der Waals surface area contributed by atoms with Crippen LogP contribution in [0.5, 0.6) is 23.0 Å². The number of nitrogens with zero attached hydrogens (tertiary/aromatic N) is 2. The zero-order chi connectivity index (χ0) is 23.3. The van der Waals surface area contributed by atoms with E-state index in [4.69, 9.17) is 18.9 Å². The van der Waals surface area contributed by atoms with Crippen LogP contribution in [0.1, 0.15) is 31.7 Å². The van der Waals surface area contributed by atoms with Crippen LogP contribution >= 0.6 is 0 Å². The monoisotopic (exact) mass is 442 g/mol. The summed E-state index contributed by atoms with van der Waals surface area (Å²) in [5.74, 6) is 2.03. The van der Waals surface area contributed by atoms with Crippen LogP contribution < -0.4 is 18.9 Å². The molecule has 1 heterocycles. The van der Waals surface area contributed by atoms with E-state index in [-0.39, 0.29) is 19.3 Å². The van der Waals surface area contributed by atoms with E-state index in [9.17, 15) is 20.5 Å². The molecule has 1 N–H and O–H groups in total. The van der Waals surface area contributed by atoms with Crippen molar-refractivity contribution in [1.29, 1.82) is 5.26 Å². The van der Waals surface area contributed by atoms with Gasteiger partial charge >= 0.3 is 0 Å². The minimum Gasteiger partial charge on any atom is -0.493 e. The molecule has 2 aromatic carbocycles. The van der Waals surface area contributed by atoms with E-state index in [1.165, 1.54) is 14.2 Å². The number of aliphatic hydroxyl groups is 1. The summed E-state index contributed by atoms with van der Waals surface area (Å²) in [4.78, 5) is 11.1. The van der Waals surface area contributed by atoms with Crippen LogP contribution in [0.3, 0.4) is 0 Å². The fourth-order valence-electron chi connectivity index (χ4n) is 3.70. The van der Waals surface area contributed by atoms with Crippen molar-refractivity contribution in [3.05, 3.63) is 58.1 Å². The lowest BCUT2D eigenvalue weighted by molar-refractivity contribution is -0.538. The molecule has 0 spiro atoms. The van der Waals surface area contributed by atoms with E-state index in [2.05, 4.69) is 6.07 Å². The van der Waals surface area contributed by atoms with Crippen molar-refractivity contribution in [1.82, 2.24) is 0 Å². The van der Waals surface area contributed by atoms with Gasteiger partial charge in [-0.15, -0.1) is 0 Å². The number of para-hydroxylation sites is 2. The molecule has 3 rings (SSSR count). The molecule has 1 aliphatic rings. The highest BCUT2D eigenvalue weighted by molar-refractivity contribution is 5.46. The van der Waals surface area contributed by atoms with E-state index in [0.29, 0.717) is 28.6 Å². The molecule has 3 unspecified atom stereocenters. The molecular formula is C23H26N2O7. The van der Waals surface area contributed by atoms with Crippen molar-refractivity contribution in [3.8, 4) is 29.1 Å². The van der Waals surface area contributed by atoms with E-state index in [1.807, 2.05) is 0 Å². The standard InChI is InChI=1S/C23H26N2O7/c1-23(14-24,15-8-9-18(29-2)21(12-15)30-3)11-10-17(26)16(25(27)28)13-22-31-19-6-4-5-7-20(19)32-22/h4-9,12,16-17,22,26H,10-11,13H2,1-3H3. The Kier molecular flexibility index (Phi) is 7.05. The maximum Gasteiger partial charge on any atom is 0.248 e. The number of hydrogen-bond acceptors (Lipinski definition) is 8. The summed E-state index contributed by atoms with van der Waals surface area (Å²) in [5.41, 5.74) is -0.321. The first kappa shape index (κ1) is 23.2. The summed E-state index contributed by atoms with van der Waals surface area (Å²) in [6.45, 7) is 1.72. The number of rotatable bonds is 10. The van der Waals surface area contributed by atoms with Crippen LogP contribution in [0, 0.1) is 21.4 Å². The van der Waals surface area contributed by atoms with Crippen LogP contribution in [0.2, 0.25) is 0 Å². The third-order valence-electron chi connectivity index (χ3n) is 5.72. The van der Waals surface area contributed by atoms with Crippen molar-refractivity contribution in [3.63, 3.8) is 0 Å². The smallest absolute Gasteiger partial charge is 0.248 e. The predicted molar refractivity (Wildman–Crippen MR) is 115 cm³/mol. The number of hydrogen-bond donors (Lipinski definition) is 1. The molecule has 0 radical (unpaired) electrons. The molecule has 3 atom stereocenters. The molecule has 0 aromatic heterocycles. The Labute approximate surface area is 186 Å². The van der Waals surface area contributed by atoms with Gasteiger partial charge in [-0.25, -0.2) is 0 Å². The second-order valence-corrected chi connectivity index (χ2v) is 7.82. The molecule has 32 heavy (non-hydrogen) atoms. The van der Waals surface area contributed by atoms with Gasteiger partial charge in [0.1, 0.15) is 6.10 Å². The lowest BCUT2D eigenvalue weighted by Gasteiger charge is -2.25. The summed E-state index contributed by atoms with van der Waals surface area (Å²) in [6, 6.07) is 13.1. The molecule has 0 saturated heterocycles. The zero-order valence-electron chi connectivity index (χ0n) is 18.2. The largest absolute Gasteiger partial charge is 0.493 e.